The van der Waals surface area contributed by atoms with Gasteiger partial charge in [0, 0.05) is 20.6 Å². The number of halogens is 3. The van der Waals surface area contributed by atoms with Crippen molar-refractivity contribution < 1.29 is 14.3 Å². The van der Waals surface area contributed by atoms with Gasteiger partial charge in [0.25, 0.3) is 5.91 Å². The number of rotatable bonds is 8. The Morgan fingerprint density at radius 3 is 2.16 bits per heavy atom. The van der Waals surface area contributed by atoms with Crippen LogP contribution >= 0.6 is 46.6 Å². The number of methoxy groups -OCH3 is 1. The molecule has 0 aromatic heterocycles. The number of hydrogen-bond acceptors (Lipinski definition) is 4. The van der Waals surface area contributed by atoms with Gasteiger partial charge in [-0.15, -0.1) is 11.8 Å². The van der Waals surface area contributed by atoms with Gasteiger partial charge >= 0.3 is 0 Å². The SMILES string of the molecule is COc1ccc(Cl)cc1NC(=O)C(Sc1ccc(NC(=O)c2ccc(Cl)cc2Cl)cc1)c1ccccc1. The number of carbonyl (C=O) groups excluding carboxylic acids is 2. The van der Waals surface area contributed by atoms with E-state index in [1.807, 2.05) is 42.5 Å². The van der Waals surface area contributed by atoms with Gasteiger partial charge in [0.1, 0.15) is 11.0 Å². The van der Waals surface area contributed by atoms with Gasteiger partial charge < -0.3 is 15.4 Å². The molecule has 0 aliphatic heterocycles. The van der Waals surface area contributed by atoms with Crippen molar-refractivity contribution >= 4 is 69.8 Å². The number of anilines is 2. The third-order valence-electron chi connectivity index (χ3n) is 5.30. The predicted octanol–water partition coefficient (Wildman–Crippen LogP) is 8.38. The Balaban J connectivity index is 1.52. The Bertz CT molecular complexity index is 1420. The highest BCUT2D eigenvalue weighted by Crippen LogP contribution is 2.38. The fraction of sp³-hybridized carbons (Fsp3) is 0.0714. The van der Waals surface area contributed by atoms with Crippen molar-refractivity contribution in [2.24, 2.45) is 0 Å². The molecular formula is C28H21Cl3N2O3S. The Labute approximate surface area is 234 Å². The van der Waals surface area contributed by atoms with Crippen molar-refractivity contribution in [2.75, 3.05) is 17.7 Å². The lowest BCUT2D eigenvalue weighted by molar-refractivity contribution is -0.115. The minimum Gasteiger partial charge on any atom is -0.495 e. The van der Waals surface area contributed by atoms with Crippen LogP contribution in [0.3, 0.4) is 0 Å². The van der Waals surface area contributed by atoms with E-state index in [-0.39, 0.29) is 16.8 Å². The van der Waals surface area contributed by atoms with Crippen LogP contribution in [0.4, 0.5) is 11.4 Å². The Kier molecular flexibility index (Phi) is 9.00. The standard InChI is InChI=1S/C28H21Cl3N2O3S/c1-36-25-14-8-19(30)16-24(25)33-28(35)26(17-5-3-2-4-6-17)37-21-11-9-20(10-12-21)32-27(34)22-13-7-18(29)15-23(22)31/h2-16,26H,1H3,(H,32,34)(H,33,35). The molecular weight excluding hydrogens is 551 g/mol. The summed E-state index contributed by atoms with van der Waals surface area (Å²) < 4.78 is 5.37. The molecule has 1 unspecified atom stereocenters. The first-order chi connectivity index (χ1) is 17.8. The number of carbonyl (C=O) groups is 2. The van der Waals surface area contributed by atoms with Gasteiger partial charge in [-0.05, 0) is 66.2 Å². The van der Waals surface area contributed by atoms with E-state index in [0.29, 0.717) is 32.7 Å². The molecule has 0 aliphatic carbocycles. The maximum absolute atomic E-state index is 13.4. The molecule has 188 valence electrons. The summed E-state index contributed by atoms with van der Waals surface area (Å²) in [5.41, 5.74) is 2.23. The van der Waals surface area contributed by atoms with Crippen molar-refractivity contribution in [1.29, 1.82) is 0 Å². The minimum atomic E-state index is -0.557. The lowest BCUT2D eigenvalue weighted by atomic mass is 10.1. The fourth-order valence-electron chi connectivity index (χ4n) is 3.50. The fourth-order valence-corrected chi connectivity index (χ4v) is 5.19. The zero-order valence-corrected chi connectivity index (χ0v) is 22.6. The zero-order chi connectivity index (χ0) is 26.4. The summed E-state index contributed by atoms with van der Waals surface area (Å²) in [7, 11) is 1.53. The van der Waals surface area contributed by atoms with Crippen molar-refractivity contribution in [3.63, 3.8) is 0 Å². The third kappa shape index (κ3) is 6.99. The van der Waals surface area contributed by atoms with Gasteiger partial charge in [-0.3, -0.25) is 9.59 Å². The predicted molar refractivity (Wildman–Crippen MR) is 153 cm³/mol. The summed E-state index contributed by atoms with van der Waals surface area (Å²) in [6, 6.07) is 26.4. The second-order valence-corrected chi connectivity index (χ2v) is 10.3. The van der Waals surface area contributed by atoms with Crippen LogP contribution < -0.4 is 15.4 Å². The maximum Gasteiger partial charge on any atom is 0.257 e. The smallest absolute Gasteiger partial charge is 0.257 e. The molecule has 1 atom stereocenters. The molecule has 4 rings (SSSR count). The summed E-state index contributed by atoms with van der Waals surface area (Å²) in [4.78, 5) is 26.9. The molecule has 4 aromatic carbocycles. The summed E-state index contributed by atoms with van der Waals surface area (Å²) in [5.74, 6) is -0.0685. The van der Waals surface area contributed by atoms with Crippen molar-refractivity contribution in [1.82, 2.24) is 0 Å². The first-order valence-corrected chi connectivity index (χ1v) is 13.1. The van der Waals surface area contributed by atoms with Gasteiger partial charge in [-0.1, -0.05) is 65.1 Å². The largest absolute Gasteiger partial charge is 0.495 e. The number of amides is 2. The number of hydrogen-bond donors (Lipinski definition) is 2. The highest BCUT2D eigenvalue weighted by molar-refractivity contribution is 8.00. The van der Waals surface area contributed by atoms with Gasteiger partial charge in [-0.25, -0.2) is 0 Å². The molecule has 9 heteroatoms. The molecule has 2 N–H and O–H groups in total. The number of benzene rings is 4. The first kappa shape index (κ1) is 26.9. The van der Waals surface area contributed by atoms with Crippen LogP contribution in [0.25, 0.3) is 0 Å². The highest BCUT2D eigenvalue weighted by Gasteiger charge is 2.23. The highest BCUT2D eigenvalue weighted by atomic mass is 35.5. The van der Waals surface area contributed by atoms with E-state index < -0.39 is 5.25 Å². The molecule has 37 heavy (non-hydrogen) atoms. The topological polar surface area (TPSA) is 67.4 Å². The lowest BCUT2D eigenvalue weighted by Gasteiger charge is -2.18. The molecule has 0 aliphatic rings. The molecule has 0 saturated heterocycles. The normalized spacial score (nSPS) is 11.5. The van der Waals surface area contributed by atoms with Crippen molar-refractivity contribution in [2.45, 2.75) is 10.1 Å². The molecule has 0 fully saturated rings. The molecule has 5 nitrogen and oxygen atoms in total. The van der Waals surface area contributed by atoms with Crippen LogP contribution in [-0.2, 0) is 4.79 Å². The molecule has 2 amide bonds. The summed E-state index contributed by atoms with van der Waals surface area (Å²) >= 11 is 19.6. The van der Waals surface area contributed by atoms with E-state index in [0.717, 1.165) is 10.5 Å². The van der Waals surface area contributed by atoms with Crippen molar-refractivity contribution in [3.05, 3.63) is 117 Å². The molecule has 0 radical (unpaired) electrons. The zero-order valence-electron chi connectivity index (χ0n) is 19.5. The van der Waals surface area contributed by atoms with Crippen molar-refractivity contribution in [3.8, 4) is 5.75 Å². The molecule has 4 aromatic rings. The monoisotopic (exact) mass is 570 g/mol. The summed E-state index contributed by atoms with van der Waals surface area (Å²) in [5, 5.41) is 6.41. The van der Waals surface area contributed by atoms with Crippen LogP contribution in [0.5, 0.6) is 5.75 Å². The van der Waals surface area contributed by atoms with Crippen LogP contribution in [0.15, 0.2) is 95.9 Å². The van der Waals surface area contributed by atoms with E-state index in [1.165, 1.54) is 24.9 Å². The second-order valence-electron chi connectivity index (χ2n) is 7.85. The van der Waals surface area contributed by atoms with Gasteiger partial charge in [0.15, 0.2) is 0 Å². The average molecular weight is 572 g/mol. The Hall–Kier alpha value is -3.16. The number of thioether (sulfide) groups is 1. The number of ether oxygens (including phenoxy) is 1. The van der Waals surface area contributed by atoms with E-state index in [9.17, 15) is 9.59 Å². The summed E-state index contributed by atoms with van der Waals surface area (Å²) in [6.45, 7) is 0. The summed E-state index contributed by atoms with van der Waals surface area (Å²) in [6.07, 6.45) is 0. The Morgan fingerprint density at radius 1 is 0.811 bits per heavy atom. The van der Waals surface area contributed by atoms with Crippen LogP contribution in [-0.4, -0.2) is 18.9 Å². The average Bonchev–Trinajstić information content (AvgIpc) is 2.88. The maximum atomic E-state index is 13.4. The van der Waals surface area contributed by atoms with E-state index in [4.69, 9.17) is 39.5 Å². The van der Waals surface area contributed by atoms with E-state index in [2.05, 4.69) is 10.6 Å². The molecule has 0 spiro atoms. The quantitative estimate of drug-likeness (QED) is 0.208. The third-order valence-corrected chi connectivity index (χ3v) is 7.35. The number of nitrogens with one attached hydrogen (secondary N) is 2. The molecule has 0 bridgehead atoms. The first-order valence-electron chi connectivity index (χ1n) is 11.1. The second kappa shape index (κ2) is 12.4. The van der Waals surface area contributed by atoms with E-state index in [1.54, 1.807) is 42.5 Å². The van der Waals surface area contributed by atoms with Crippen LogP contribution in [0.1, 0.15) is 21.2 Å². The van der Waals surface area contributed by atoms with Gasteiger partial charge in [0.05, 0.1) is 23.4 Å². The lowest BCUT2D eigenvalue weighted by Crippen LogP contribution is -2.19. The van der Waals surface area contributed by atoms with Crippen LogP contribution in [0.2, 0.25) is 15.1 Å². The molecule has 0 heterocycles. The van der Waals surface area contributed by atoms with Gasteiger partial charge in [-0.2, -0.15) is 0 Å². The molecule has 0 saturated carbocycles. The van der Waals surface area contributed by atoms with Gasteiger partial charge in [0.2, 0.25) is 5.91 Å². The van der Waals surface area contributed by atoms with E-state index >= 15 is 0 Å². The minimum absolute atomic E-state index is 0.230. The van der Waals surface area contributed by atoms with Crippen LogP contribution in [0, 0.1) is 0 Å². The Morgan fingerprint density at radius 2 is 1.49 bits per heavy atom.